The minimum Gasteiger partial charge on any atom is -0.378 e. The second-order valence-corrected chi connectivity index (χ2v) is 3.48. The van der Waals surface area contributed by atoms with Crippen molar-refractivity contribution in [3.8, 4) is 0 Å². The molecule has 1 aromatic carbocycles. The third kappa shape index (κ3) is 2.85. The van der Waals surface area contributed by atoms with Gasteiger partial charge in [-0.25, -0.2) is 0 Å². The van der Waals surface area contributed by atoms with E-state index in [1.54, 1.807) is 24.3 Å². The average molecular weight is 193 g/mol. The summed E-state index contributed by atoms with van der Waals surface area (Å²) in [6.45, 7) is 3.71. The van der Waals surface area contributed by atoms with Crippen LogP contribution in [0.15, 0.2) is 30.3 Å². The van der Waals surface area contributed by atoms with Gasteiger partial charge in [-0.2, -0.15) is 0 Å². The van der Waals surface area contributed by atoms with E-state index in [1.807, 2.05) is 19.9 Å². The number of carbonyl (C=O) groups is 1. The number of carbonyl (C=O) groups excluding carboxylic acids is 1. The fraction of sp³-hybridized carbons (Fsp3) is 0.364. The fourth-order valence-corrected chi connectivity index (χ4v) is 1.15. The summed E-state index contributed by atoms with van der Waals surface area (Å²) in [5, 5.41) is 12.3. The lowest BCUT2D eigenvalue weighted by Crippen LogP contribution is -2.34. The van der Waals surface area contributed by atoms with E-state index in [9.17, 15) is 9.90 Å². The highest BCUT2D eigenvalue weighted by atomic mass is 16.3. The van der Waals surface area contributed by atoms with Crippen LogP contribution in [0, 0.1) is 0 Å². The van der Waals surface area contributed by atoms with Crippen LogP contribution in [-0.2, 0) is 4.79 Å². The standard InChI is InChI=1S/C11H15NO2/c1-8(2)12-11(14)10(13)9-6-4-3-5-7-9/h3-8,10,13H,1-2H3,(H,12,14). The van der Waals surface area contributed by atoms with Gasteiger partial charge in [0.2, 0.25) is 0 Å². The first-order valence-corrected chi connectivity index (χ1v) is 4.64. The predicted octanol–water partition coefficient (Wildman–Crippen LogP) is 1.24. The number of amides is 1. The van der Waals surface area contributed by atoms with E-state index in [2.05, 4.69) is 5.32 Å². The van der Waals surface area contributed by atoms with Gasteiger partial charge in [-0.1, -0.05) is 30.3 Å². The van der Waals surface area contributed by atoms with E-state index in [-0.39, 0.29) is 11.9 Å². The summed E-state index contributed by atoms with van der Waals surface area (Å²) in [6.07, 6.45) is -1.07. The monoisotopic (exact) mass is 193 g/mol. The highest BCUT2D eigenvalue weighted by Gasteiger charge is 2.16. The van der Waals surface area contributed by atoms with Gasteiger partial charge in [0.15, 0.2) is 6.10 Å². The first-order valence-electron chi connectivity index (χ1n) is 4.64. The zero-order valence-corrected chi connectivity index (χ0v) is 8.40. The minimum absolute atomic E-state index is 0.0425. The van der Waals surface area contributed by atoms with Crippen LogP contribution in [0.2, 0.25) is 0 Å². The lowest BCUT2D eigenvalue weighted by molar-refractivity contribution is -0.130. The van der Waals surface area contributed by atoms with Gasteiger partial charge < -0.3 is 10.4 Å². The van der Waals surface area contributed by atoms with Crippen molar-refractivity contribution in [2.24, 2.45) is 0 Å². The van der Waals surface area contributed by atoms with E-state index in [1.165, 1.54) is 0 Å². The second-order valence-electron chi connectivity index (χ2n) is 3.48. The van der Waals surface area contributed by atoms with Crippen molar-refractivity contribution in [1.29, 1.82) is 0 Å². The quantitative estimate of drug-likeness (QED) is 0.759. The SMILES string of the molecule is CC(C)NC(=O)C(O)c1ccccc1. The van der Waals surface area contributed by atoms with Crippen LogP contribution >= 0.6 is 0 Å². The molecule has 76 valence electrons. The number of hydrogen-bond donors (Lipinski definition) is 2. The average Bonchev–Trinajstić information content (AvgIpc) is 2.17. The Hall–Kier alpha value is -1.35. The molecule has 0 aromatic heterocycles. The Kier molecular flexibility index (Phi) is 3.65. The summed E-state index contributed by atoms with van der Waals surface area (Å²) < 4.78 is 0. The lowest BCUT2D eigenvalue weighted by Gasteiger charge is -2.13. The van der Waals surface area contributed by atoms with Crippen LogP contribution < -0.4 is 5.32 Å². The third-order valence-corrected chi connectivity index (χ3v) is 1.79. The highest BCUT2D eigenvalue weighted by molar-refractivity contribution is 5.82. The highest BCUT2D eigenvalue weighted by Crippen LogP contribution is 2.11. The number of aliphatic hydroxyl groups excluding tert-OH is 1. The summed E-state index contributed by atoms with van der Waals surface area (Å²) in [5.74, 6) is -0.355. The van der Waals surface area contributed by atoms with E-state index in [4.69, 9.17) is 0 Å². The molecule has 1 unspecified atom stereocenters. The Labute approximate surface area is 83.8 Å². The molecule has 0 radical (unpaired) electrons. The maximum Gasteiger partial charge on any atom is 0.253 e. The van der Waals surface area contributed by atoms with E-state index in [0.29, 0.717) is 5.56 Å². The molecule has 0 fully saturated rings. The van der Waals surface area contributed by atoms with Crippen LogP contribution in [0.25, 0.3) is 0 Å². The molecule has 0 bridgehead atoms. The van der Waals surface area contributed by atoms with Gasteiger partial charge in [0.05, 0.1) is 0 Å². The first-order chi connectivity index (χ1) is 6.61. The molecule has 2 N–H and O–H groups in total. The van der Waals surface area contributed by atoms with Crippen LogP contribution in [0.1, 0.15) is 25.5 Å². The molecule has 0 spiro atoms. The van der Waals surface area contributed by atoms with Gasteiger partial charge in [0, 0.05) is 6.04 Å². The van der Waals surface area contributed by atoms with Gasteiger partial charge in [-0.3, -0.25) is 4.79 Å². The molecule has 1 atom stereocenters. The third-order valence-electron chi connectivity index (χ3n) is 1.79. The molecule has 0 aliphatic heterocycles. The minimum atomic E-state index is -1.07. The molecule has 0 aliphatic rings. The number of nitrogens with one attached hydrogen (secondary N) is 1. The van der Waals surface area contributed by atoms with Crippen LogP contribution in [0.4, 0.5) is 0 Å². The molecule has 1 amide bonds. The summed E-state index contributed by atoms with van der Waals surface area (Å²) in [6, 6.07) is 8.93. The molecule has 14 heavy (non-hydrogen) atoms. The lowest BCUT2D eigenvalue weighted by atomic mass is 10.1. The largest absolute Gasteiger partial charge is 0.378 e. The van der Waals surface area contributed by atoms with Gasteiger partial charge in [-0.05, 0) is 19.4 Å². The molecular weight excluding hydrogens is 178 g/mol. The van der Waals surface area contributed by atoms with Gasteiger partial charge in [0.1, 0.15) is 0 Å². The smallest absolute Gasteiger partial charge is 0.253 e. The van der Waals surface area contributed by atoms with Crippen molar-refractivity contribution in [3.63, 3.8) is 0 Å². The fourth-order valence-electron chi connectivity index (χ4n) is 1.15. The topological polar surface area (TPSA) is 49.3 Å². The van der Waals surface area contributed by atoms with Crippen LogP contribution in [0.5, 0.6) is 0 Å². The Morgan fingerprint density at radius 1 is 1.29 bits per heavy atom. The second kappa shape index (κ2) is 4.77. The number of aliphatic hydroxyl groups is 1. The maximum atomic E-state index is 11.4. The van der Waals surface area contributed by atoms with Crippen molar-refractivity contribution in [2.45, 2.75) is 26.0 Å². The molecule has 3 nitrogen and oxygen atoms in total. The van der Waals surface area contributed by atoms with E-state index >= 15 is 0 Å². The number of hydrogen-bond acceptors (Lipinski definition) is 2. The molecule has 0 saturated carbocycles. The molecular formula is C11H15NO2. The van der Waals surface area contributed by atoms with Gasteiger partial charge >= 0.3 is 0 Å². The molecule has 0 heterocycles. The summed E-state index contributed by atoms with van der Waals surface area (Å²) >= 11 is 0. The molecule has 0 saturated heterocycles. The molecule has 0 aliphatic carbocycles. The molecule has 1 aromatic rings. The Balaban J connectivity index is 2.66. The number of benzene rings is 1. The Morgan fingerprint density at radius 3 is 2.36 bits per heavy atom. The maximum absolute atomic E-state index is 11.4. The normalized spacial score (nSPS) is 12.6. The predicted molar refractivity (Wildman–Crippen MR) is 54.7 cm³/mol. The van der Waals surface area contributed by atoms with Crippen molar-refractivity contribution in [1.82, 2.24) is 5.32 Å². The number of rotatable bonds is 3. The van der Waals surface area contributed by atoms with Crippen molar-refractivity contribution in [2.75, 3.05) is 0 Å². The van der Waals surface area contributed by atoms with Crippen molar-refractivity contribution >= 4 is 5.91 Å². The zero-order chi connectivity index (χ0) is 10.6. The summed E-state index contributed by atoms with van der Waals surface area (Å²) in [4.78, 5) is 11.4. The Bertz CT molecular complexity index is 295. The van der Waals surface area contributed by atoms with Gasteiger partial charge in [0.25, 0.3) is 5.91 Å². The van der Waals surface area contributed by atoms with Crippen molar-refractivity contribution in [3.05, 3.63) is 35.9 Å². The van der Waals surface area contributed by atoms with E-state index in [0.717, 1.165) is 0 Å². The van der Waals surface area contributed by atoms with Crippen molar-refractivity contribution < 1.29 is 9.90 Å². The summed E-state index contributed by atoms with van der Waals surface area (Å²) in [7, 11) is 0. The van der Waals surface area contributed by atoms with Crippen LogP contribution in [0.3, 0.4) is 0 Å². The van der Waals surface area contributed by atoms with E-state index < -0.39 is 6.10 Å². The van der Waals surface area contributed by atoms with Gasteiger partial charge in [-0.15, -0.1) is 0 Å². The van der Waals surface area contributed by atoms with Crippen LogP contribution in [-0.4, -0.2) is 17.1 Å². The molecule has 1 rings (SSSR count). The Morgan fingerprint density at radius 2 is 1.86 bits per heavy atom. The molecule has 3 heteroatoms. The summed E-state index contributed by atoms with van der Waals surface area (Å²) in [5.41, 5.74) is 0.616. The zero-order valence-electron chi connectivity index (χ0n) is 8.40. The first kappa shape index (κ1) is 10.7.